The van der Waals surface area contributed by atoms with Crippen LogP contribution in [0.2, 0.25) is 0 Å². The van der Waals surface area contributed by atoms with Gasteiger partial charge < -0.3 is 19.3 Å². The molecule has 10 heteroatoms. The first-order valence-corrected chi connectivity index (χ1v) is 15.8. The number of aliphatic hydroxyl groups excluding tert-OH is 1. The van der Waals surface area contributed by atoms with E-state index in [9.17, 15) is 19.5 Å². The molecule has 0 aliphatic carbocycles. The highest BCUT2D eigenvalue weighted by molar-refractivity contribution is 6.01. The fourth-order valence-electron chi connectivity index (χ4n) is 4.25. The van der Waals surface area contributed by atoms with Crippen molar-refractivity contribution in [3.8, 4) is 11.8 Å². The predicted molar refractivity (Wildman–Crippen MR) is 172 cm³/mol. The molecule has 0 saturated carbocycles. The van der Waals surface area contributed by atoms with Crippen LogP contribution in [0.4, 0.5) is 9.59 Å². The second kappa shape index (κ2) is 22.9. The lowest BCUT2D eigenvalue weighted by Crippen LogP contribution is -2.47. The lowest BCUT2D eigenvalue weighted by atomic mass is 9.95. The van der Waals surface area contributed by atoms with Crippen LogP contribution in [0.25, 0.3) is 0 Å². The molecule has 0 saturated heterocycles. The van der Waals surface area contributed by atoms with E-state index >= 15 is 0 Å². The SMILES string of the molecule is CCCCCCCCCCC[C@H](N=C(NC(=O)OCc1ccccc1)NC(=O)OC(C)(C)C)[C@H](C#CCCO)COC(C)=O. The molecule has 0 unspecified atom stereocenters. The molecule has 0 bridgehead atoms. The summed E-state index contributed by atoms with van der Waals surface area (Å²) in [6.45, 7) is 8.58. The number of benzene rings is 1. The number of alkyl carbamates (subject to hydrolysis) is 2. The maximum Gasteiger partial charge on any atom is 0.414 e. The van der Waals surface area contributed by atoms with Crippen LogP contribution in [0.5, 0.6) is 0 Å². The van der Waals surface area contributed by atoms with E-state index in [4.69, 9.17) is 19.2 Å². The summed E-state index contributed by atoms with van der Waals surface area (Å²) in [4.78, 5) is 41.8. The Bertz CT molecular complexity index is 1060. The Balaban J connectivity index is 3.17. The number of carbonyl (C=O) groups excluding carboxylic acids is 3. The number of ether oxygens (including phenoxy) is 3. The molecule has 0 aliphatic rings. The second-order valence-corrected chi connectivity index (χ2v) is 11.7. The van der Waals surface area contributed by atoms with Gasteiger partial charge in [-0.1, -0.05) is 101 Å². The number of nitrogens with one attached hydrogen (secondary N) is 2. The normalized spacial score (nSPS) is 12.7. The van der Waals surface area contributed by atoms with Crippen LogP contribution in [0.1, 0.15) is 111 Å². The Morgan fingerprint density at radius 1 is 0.909 bits per heavy atom. The van der Waals surface area contributed by atoms with Crippen LogP contribution < -0.4 is 10.6 Å². The van der Waals surface area contributed by atoms with Crippen LogP contribution >= 0.6 is 0 Å². The smallest absolute Gasteiger partial charge is 0.414 e. The van der Waals surface area contributed by atoms with Gasteiger partial charge in [0.2, 0.25) is 5.96 Å². The van der Waals surface area contributed by atoms with Gasteiger partial charge in [0.15, 0.2) is 0 Å². The van der Waals surface area contributed by atoms with Crippen molar-refractivity contribution in [2.45, 2.75) is 123 Å². The highest BCUT2D eigenvalue weighted by Crippen LogP contribution is 2.19. The molecule has 1 aromatic carbocycles. The number of nitrogens with zero attached hydrogens (tertiary/aromatic N) is 1. The van der Waals surface area contributed by atoms with Crippen LogP contribution in [-0.2, 0) is 25.6 Å². The van der Waals surface area contributed by atoms with Gasteiger partial charge in [0.05, 0.1) is 18.6 Å². The monoisotopic (exact) mass is 615 g/mol. The summed E-state index contributed by atoms with van der Waals surface area (Å²) < 4.78 is 16.1. The van der Waals surface area contributed by atoms with Gasteiger partial charge in [-0.25, -0.2) is 14.6 Å². The van der Waals surface area contributed by atoms with Gasteiger partial charge in [0, 0.05) is 13.3 Å². The highest BCUT2D eigenvalue weighted by Gasteiger charge is 2.24. The number of esters is 1. The van der Waals surface area contributed by atoms with Gasteiger partial charge in [-0.05, 0) is 32.8 Å². The van der Waals surface area contributed by atoms with Crippen LogP contribution in [-0.4, -0.2) is 54.1 Å². The summed E-state index contributed by atoms with van der Waals surface area (Å²) in [6.07, 6.45) is 9.46. The minimum atomic E-state index is -0.812. The molecule has 246 valence electrons. The summed E-state index contributed by atoms with van der Waals surface area (Å²) >= 11 is 0. The molecule has 0 radical (unpaired) electrons. The van der Waals surface area contributed by atoms with Crippen molar-refractivity contribution < 1.29 is 33.7 Å². The number of rotatable bonds is 17. The lowest BCUT2D eigenvalue weighted by Gasteiger charge is -2.23. The van der Waals surface area contributed by atoms with Gasteiger partial charge in [0.25, 0.3) is 0 Å². The number of aliphatic hydroxyl groups is 1. The fourth-order valence-corrected chi connectivity index (χ4v) is 4.25. The van der Waals surface area contributed by atoms with E-state index < -0.39 is 35.7 Å². The van der Waals surface area contributed by atoms with Crippen molar-refractivity contribution in [3.63, 3.8) is 0 Å². The van der Waals surface area contributed by atoms with Crippen molar-refractivity contribution >= 4 is 24.1 Å². The number of unbranched alkanes of at least 4 members (excludes halogenated alkanes) is 8. The number of guanidine groups is 1. The molecule has 0 heterocycles. The summed E-state index contributed by atoms with van der Waals surface area (Å²) in [7, 11) is 0. The first-order chi connectivity index (χ1) is 21.0. The number of hydrogen-bond donors (Lipinski definition) is 3. The largest absolute Gasteiger partial charge is 0.464 e. The average Bonchev–Trinajstić information content (AvgIpc) is 2.95. The molecular formula is C34H53N3O7. The molecule has 0 fully saturated rings. The summed E-state index contributed by atoms with van der Waals surface area (Å²) in [5.74, 6) is 4.83. The van der Waals surface area contributed by atoms with E-state index in [1.165, 1.54) is 39.0 Å². The van der Waals surface area contributed by atoms with E-state index in [2.05, 4.69) is 29.4 Å². The van der Waals surface area contributed by atoms with E-state index in [-0.39, 0.29) is 32.2 Å². The van der Waals surface area contributed by atoms with Crippen molar-refractivity contribution in [2.75, 3.05) is 13.2 Å². The molecule has 0 spiro atoms. The zero-order chi connectivity index (χ0) is 32.6. The number of hydrogen-bond acceptors (Lipinski definition) is 8. The molecule has 2 amide bonds. The highest BCUT2D eigenvalue weighted by atomic mass is 16.6. The summed E-state index contributed by atoms with van der Waals surface area (Å²) in [5.41, 5.74) is 0.0112. The Morgan fingerprint density at radius 2 is 1.52 bits per heavy atom. The quantitative estimate of drug-likeness (QED) is 0.0446. The molecule has 1 aromatic rings. The Kier molecular flexibility index (Phi) is 20.0. The first-order valence-electron chi connectivity index (χ1n) is 15.8. The Hall–Kier alpha value is -3.58. The Labute approximate surface area is 263 Å². The van der Waals surface area contributed by atoms with Crippen LogP contribution in [0.3, 0.4) is 0 Å². The molecule has 44 heavy (non-hydrogen) atoms. The van der Waals surface area contributed by atoms with Crippen molar-refractivity contribution in [2.24, 2.45) is 10.9 Å². The van der Waals surface area contributed by atoms with Gasteiger partial charge in [0.1, 0.15) is 18.8 Å². The van der Waals surface area contributed by atoms with Gasteiger partial charge in [-0.15, -0.1) is 5.92 Å². The van der Waals surface area contributed by atoms with E-state index in [0.29, 0.717) is 6.42 Å². The summed E-state index contributed by atoms with van der Waals surface area (Å²) in [5, 5.41) is 14.3. The molecule has 1 rings (SSSR count). The van der Waals surface area contributed by atoms with Gasteiger partial charge >= 0.3 is 18.2 Å². The fraction of sp³-hybridized carbons (Fsp3) is 0.647. The lowest BCUT2D eigenvalue weighted by molar-refractivity contribution is -0.141. The average molecular weight is 616 g/mol. The molecule has 3 N–H and O–H groups in total. The second-order valence-electron chi connectivity index (χ2n) is 11.7. The minimum Gasteiger partial charge on any atom is -0.464 e. The molecule has 0 aliphatic heterocycles. The molecular weight excluding hydrogens is 562 g/mol. The Morgan fingerprint density at radius 3 is 2.11 bits per heavy atom. The van der Waals surface area contributed by atoms with Crippen molar-refractivity contribution in [1.82, 2.24) is 10.6 Å². The van der Waals surface area contributed by atoms with E-state index in [1.807, 2.05) is 30.3 Å². The first kappa shape index (κ1) is 38.4. The third-order valence-corrected chi connectivity index (χ3v) is 6.41. The summed E-state index contributed by atoms with van der Waals surface area (Å²) in [6, 6.07) is 8.64. The maximum absolute atomic E-state index is 12.8. The number of amides is 2. The predicted octanol–water partition coefficient (Wildman–Crippen LogP) is 6.65. The van der Waals surface area contributed by atoms with Crippen LogP contribution in [0.15, 0.2) is 35.3 Å². The molecule has 0 aromatic heterocycles. The van der Waals surface area contributed by atoms with E-state index in [1.54, 1.807) is 20.8 Å². The molecule has 10 nitrogen and oxygen atoms in total. The number of carbonyl (C=O) groups is 3. The van der Waals surface area contributed by atoms with Gasteiger partial charge in [-0.2, -0.15) is 0 Å². The van der Waals surface area contributed by atoms with Crippen LogP contribution in [0, 0.1) is 17.8 Å². The van der Waals surface area contributed by atoms with E-state index in [0.717, 1.165) is 31.2 Å². The topological polar surface area (TPSA) is 136 Å². The zero-order valence-corrected chi connectivity index (χ0v) is 27.3. The third kappa shape index (κ3) is 20.3. The zero-order valence-electron chi connectivity index (χ0n) is 27.3. The standard InChI is InChI=1S/C34H53N3O7/c1-6-7-8-9-10-11-12-13-17-23-30(29(22-18-19-24-38)26-42-27(2)39)35-31(37-33(41)44-34(3,4)5)36-32(40)43-25-28-20-15-14-16-21-28/h14-16,20-21,29-30,38H,6-13,17,19,23-26H2,1-5H3,(H2,35,36,37,40,41)/t29-,30+/m1/s1. The number of aliphatic imine (C=N–C) groups is 1. The third-order valence-electron chi connectivity index (χ3n) is 6.41. The van der Waals surface area contributed by atoms with Crippen molar-refractivity contribution in [3.05, 3.63) is 35.9 Å². The van der Waals surface area contributed by atoms with Gasteiger partial charge in [-0.3, -0.25) is 15.4 Å². The maximum atomic E-state index is 12.8. The minimum absolute atomic E-state index is 0.0238. The van der Waals surface area contributed by atoms with Crippen molar-refractivity contribution in [1.29, 1.82) is 0 Å². The molecule has 2 atom stereocenters.